The second kappa shape index (κ2) is 2.89. The van der Waals surface area contributed by atoms with Gasteiger partial charge in [-0.3, -0.25) is 0 Å². The van der Waals surface area contributed by atoms with Crippen molar-refractivity contribution in [2.45, 2.75) is 37.1 Å². The predicted octanol–water partition coefficient (Wildman–Crippen LogP) is 1.24. The highest BCUT2D eigenvalue weighted by molar-refractivity contribution is 5.75. The SMILES string of the molecule is O=C(O)C(F)(F)CN[C@@]12CCC[C@@H]1C2. The maximum absolute atomic E-state index is 12.7. The molecule has 2 N–H and O–H groups in total. The number of nitrogens with one attached hydrogen (secondary N) is 1. The third-order valence-corrected chi connectivity index (χ3v) is 3.38. The molecule has 2 aliphatic carbocycles. The van der Waals surface area contributed by atoms with Gasteiger partial charge in [-0.2, -0.15) is 8.78 Å². The molecule has 3 nitrogen and oxygen atoms in total. The predicted molar refractivity (Wildman–Crippen MR) is 45.3 cm³/mol. The molecule has 0 aromatic carbocycles. The second-order valence-electron chi connectivity index (χ2n) is 4.31. The molecule has 0 saturated heterocycles. The average Bonchev–Trinajstić information content (AvgIpc) is 2.66. The van der Waals surface area contributed by atoms with Crippen LogP contribution in [0, 0.1) is 5.92 Å². The summed E-state index contributed by atoms with van der Waals surface area (Å²) in [5, 5.41) is 10.9. The minimum absolute atomic E-state index is 0.140. The van der Waals surface area contributed by atoms with Crippen molar-refractivity contribution in [3.05, 3.63) is 0 Å². The van der Waals surface area contributed by atoms with Gasteiger partial charge in [0.25, 0.3) is 0 Å². The van der Waals surface area contributed by atoms with Crippen LogP contribution in [0.2, 0.25) is 0 Å². The van der Waals surface area contributed by atoms with Crippen LogP contribution in [0.25, 0.3) is 0 Å². The van der Waals surface area contributed by atoms with Gasteiger partial charge in [-0.05, 0) is 25.2 Å². The normalized spacial score (nSPS) is 35.4. The Kier molecular flexibility index (Phi) is 2.03. The number of carbonyl (C=O) groups is 1. The number of hydrogen-bond acceptors (Lipinski definition) is 2. The molecular formula is C9H13F2NO2. The summed E-state index contributed by atoms with van der Waals surface area (Å²) in [7, 11) is 0. The fourth-order valence-electron chi connectivity index (χ4n) is 2.40. The molecule has 2 rings (SSSR count). The summed E-state index contributed by atoms with van der Waals surface area (Å²) in [5.74, 6) is -5.17. The Labute approximate surface area is 80.5 Å². The van der Waals surface area contributed by atoms with Crippen molar-refractivity contribution in [2.24, 2.45) is 5.92 Å². The molecule has 2 aliphatic rings. The lowest BCUT2D eigenvalue weighted by molar-refractivity contribution is -0.164. The first-order chi connectivity index (χ1) is 6.46. The van der Waals surface area contributed by atoms with E-state index in [-0.39, 0.29) is 5.54 Å². The van der Waals surface area contributed by atoms with Crippen LogP contribution >= 0.6 is 0 Å². The highest BCUT2D eigenvalue weighted by Crippen LogP contribution is 2.55. The molecule has 80 valence electrons. The Balaban J connectivity index is 1.86. The molecule has 0 radical (unpaired) electrons. The molecular weight excluding hydrogens is 192 g/mol. The summed E-state index contributed by atoms with van der Waals surface area (Å²) in [6, 6.07) is 0. The Bertz CT molecular complexity index is 270. The molecule has 0 amide bonds. The molecule has 0 aromatic heterocycles. The summed E-state index contributed by atoms with van der Waals surface area (Å²) < 4.78 is 25.5. The third kappa shape index (κ3) is 1.49. The summed E-state index contributed by atoms with van der Waals surface area (Å²) in [6.07, 6.45) is 4.00. The molecule has 2 saturated carbocycles. The van der Waals surface area contributed by atoms with E-state index in [9.17, 15) is 13.6 Å². The van der Waals surface area contributed by atoms with Gasteiger partial charge in [0.05, 0.1) is 6.54 Å². The Morgan fingerprint density at radius 2 is 2.36 bits per heavy atom. The number of fused-ring (bicyclic) bond motifs is 1. The summed E-state index contributed by atoms with van der Waals surface area (Å²) in [4.78, 5) is 10.2. The lowest BCUT2D eigenvalue weighted by atomic mass is 10.2. The first kappa shape index (κ1) is 9.83. The zero-order chi connectivity index (χ0) is 10.4. The van der Waals surface area contributed by atoms with Gasteiger partial charge in [0, 0.05) is 5.54 Å². The first-order valence-corrected chi connectivity index (χ1v) is 4.83. The van der Waals surface area contributed by atoms with Crippen LogP contribution in [0.1, 0.15) is 25.7 Å². The van der Waals surface area contributed by atoms with Gasteiger partial charge in [-0.1, -0.05) is 6.42 Å². The van der Waals surface area contributed by atoms with Crippen LogP contribution in [0.5, 0.6) is 0 Å². The van der Waals surface area contributed by atoms with Crippen molar-refractivity contribution in [2.75, 3.05) is 6.54 Å². The highest BCUT2D eigenvalue weighted by Gasteiger charge is 2.57. The molecule has 0 aromatic rings. The fourth-order valence-corrected chi connectivity index (χ4v) is 2.40. The van der Waals surface area contributed by atoms with Gasteiger partial charge in [0.15, 0.2) is 0 Å². The molecule has 2 fully saturated rings. The molecule has 0 unspecified atom stereocenters. The van der Waals surface area contributed by atoms with Crippen molar-refractivity contribution in [3.63, 3.8) is 0 Å². The summed E-state index contributed by atoms with van der Waals surface area (Å²) >= 11 is 0. The van der Waals surface area contributed by atoms with Gasteiger partial charge in [-0.25, -0.2) is 4.79 Å². The third-order valence-electron chi connectivity index (χ3n) is 3.38. The van der Waals surface area contributed by atoms with E-state index in [1.807, 2.05) is 0 Å². The Morgan fingerprint density at radius 3 is 2.79 bits per heavy atom. The number of carboxylic acid groups (broad SMARTS) is 1. The quantitative estimate of drug-likeness (QED) is 0.726. The average molecular weight is 205 g/mol. The number of carboxylic acids is 1. The van der Waals surface area contributed by atoms with E-state index in [1.165, 1.54) is 0 Å². The van der Waals surface area contributed by atoms with E-state index >= 15 is 0 Å². The smallest absolute Gasteiger partial charge is 0.375 e. The van der Waals surface area contributed by atoms with E-state index < -0.39 is 18.4 Å². The minimum atomic E-state index is -3.63. The maximum Gasteiger partial charge on any atom is 0.375 e. The van der Waals surface area contributed by atoms with E-state index in [2.05, 4.69) is 5.32 Å². The van der Waals surface area contributed by atoms with Crippen molar-refractivity contribution in [3.8, 4) is 0 Å². The van der Waals surface area contributed by atoms with Crippen molar-refractivity contribution < 1.29 is 18.7 Å². The monoisotopic (exact) mass is 205 g/mol. The van der Waals surface area contributed by atoms with E-state index in [0.717, 1.165) is 25.7 Å². The molecule has 0 bridgehead atoms. The summed E-state index contributed by atoms with van der Waals surface area (Å²) in [6.45, 7) is -0.737. The van der Waals surface area contributed by atoms with Crippen LogP contribution in [0.15, 0.2) is 0 Å². The first-order valence-electron chi connectivity index (χ1n) is 4.83. The van der Waals surface area contributed by atoms with Gasteiger partial charge in [0.1, 0.15) is 0 Å². The number of alkyl halides is 2. The molecule has 2 atom stereocenters. The van der Waals surface area contributed by atoms with Crippen LogP contribution in [-0.4, -0.2) is 29.1 Å². The Hall–Kier alpha value is -0.710. The molecule has 0 aliphatic heterocycles. The minimum Gasteiger partial charge on any atom is -0.477 e. The standard InChI is InChI=1S/C9H13F2NO2/c10-9(11,7(13)14)5-12-8-3-1-2-6(8)4-8/h6,12H,1-5H2,(H,13,14)/t6-,8-/m1/s1. The largest absolute Gasteiger partial charge is 0.477 e. The van der Waals surface area contributed by atoms with Gasteiger partial charge in [0.2, 0.25) is 0 Å². The maximum atomic E-state index is 12.7. The van der Waals surface area contributed by atoms with Crippen LogP contribution in [-0.2, 0) is 4.79 Å². The molecule has 5 heteroatoms. The lowest BCUT2D eigenvalue weighted by Crippen LogP contribution is -2.45. The number of rotatable bonds is 4. The molecule has 14 heavy (non-hydrogen) atoms. The van der Waals surface area contributed by atoms with Gasteiger partial charge in [-0.15, -0.1) is 0 Å². The molecule has 0 heterocycles. The van der Waals surface area contributed by atoms with Crippen LogP contribution in [0.4, 0.5) is 8.78 Å². The number of halogens is 2. The van der Waals surface area contributed by atoms with Gasteiger partial charge >= 0.3 is 11.9 Å². The fraction of sp³-hybridized carbons (Fsp3) is 0.889. The summed E-state index contributed by atoms with van der Waals surface area (Å²) in [5.41, 5.74) is -0.140. The van der Waals surface area contributed by atoms with Crippen molar-refractivity contribution >= 4 is 5.97 Å². The van der Waals surface area contributed by atoms with E-state index in [1.54, 1.807) is 0 Å². The zero-order valence-electron chi connectivity index (χ0n) is 7.72. The van der Waals surface area contributed by atoms with E-state index in [0.29, 0.717) is 5.92 Å². The number of hydrogen-bond donors (Lipinski definition) is 2. The lowest BCUT2D eigenvalue weighted by Gasteiger charge is -2.18. The van der Waals surface area contributed by atoms with Gasteiger partial charge < -0.3 is 10.4 Å². The van der Waals surface area contributed by atoms with Crippen molar-refractivity contribution in [1.82, 2.24) is 5.32 Å². The highest BCUT2D eigenvalue weighted by atomic mass is 19.3. The van der Waals surface area contributed by atoms with E-state index in [4.69, 9.17) is 5.11 Å². The zero-order valence-corrected chi connectivity index (χ0v) is 7.72. The topological polar surface area (TPSA) is 49.3 Å². The van der Waals surface area contributed by atoms with Crippen LogP contribution < -0.4 is 5.32 Å². The Morgan fingerprint density at radius 1 is 1.64 bits per heavy atom. The number of aliphatic carboxylic acids is 1. The van der Waals surface area contributed by atoms with Crippen LogP contribution in [0.3, 0.4) is 0 Å². The second-order valence-corrected chi connectivity index (χ2v) is 4.31. The molecule has 0 spiro atoms. The van der Waals surface area contributed by atoms with Crippen molar-refractivity contribution in [1.29, 1.82) is 0 Å².